The van der Waals surface area contributed by atoms with Crippen molar-refractivity contribution in [3.05, 3.63) is 29.8 Å². The van der Waals surface area contributed by atoms with Crippen molar-refractivity contribution >= 4 is 21.4 Å². The second kappa shape index (κ2) is 5.49. The van der Waals surface area contributed by atoms with Gasteiger partial charge in [-0.3, -0.25) is 5.73 Å². The summed E-state index contributed by atoms with van der Waals surface area (Å²) in [5.41, 5.74) is 7.95. The van der Waals surface area contributed by atoms with Gasteiger partial charge in [0.15, 0.2) is 9.84 Å². The molecule has 0 unspecified atom stereocenters. The quantitative estimate of drug-likeness (QED) is 0.740. The van der Waals surface area contributed by atoms with E-state index in [0.717, 1.165) is 5.56 Å². The second-order valence-corrected chi connectivity index (χ2v) is 5.64. The first-order valence-electron chi connectivity index (χ1n) is 4.62. The molecule has 0 bridgehead atoms. The Kier molecular flexibility index (Phi) is 4.57. The molecule has 0 saturated heterocycles. The highest BCUT2D eigenvalue weighted by molar-refractivity contribution is 7.91. The molecule has 0 aliphatic carbocycles. The molecule has 0 spiro atoms. The molecule has 3 nitrogen and oxygen atoms in total. The zero-order valence-electron chi connectivity index (χ0n) is 8.24. The van der Waals surface area contributed by atoms with Crippen LogP contribution in [0.2, 0.25) is 0 Å². The summed E-state index contributed by atoms with van der Waals surface area (Å²) < 4.78 is 23.3. The first kappa shape index (κ1) is 12.5. The SMILES string of the molecule is [NH]CCc1cccc(S(=O)(=O)CCCl)c1. The summed E-state index contributed by atoms with van der Waals surface area (Å²) in [4.78, 5) is 0.300. The average Bonchev–Trinajstić information content (AvgIpc) is 2.19. The molecule has 1 radical (unpaired) electrons. The lowest BCUT2D eigenvalue weighted by Gasteiger charge is -2.04. The van der Waals surface area contributed by atoms with E-state index in [1.807, 2.05) is 6.07 Å². The Bertz CT molecular complexity index is 417. The first-order chi connectivity index (χ1) is 7.10. The van der Waals surface area contributed by atoms with Gasteiger partial charge in [0, 0.05) is 12.4 Å². The molecule has 83 valence electrons. The second-order valence-electron chi connectivity index (χ2n) is 3.16. The molecule has 0 fully saturated rings. The average molecular weight is 247 g/mol. The maximum atomic E-state index is 11.7. The minimum Gasteiger partial charge on any atom is -0.258 e. The molecular formula is C10H13ClNO2S. The molecule has 1 N–H and O–H groups in total. The summed E-state index contributed by atoms with van der Waals surface area (Å²) in [6.07, 6.45) is 0.574. The predicted molar refractivity (Wildman–Crippen MR) is 60.9 cm³/mol. The van der Waals surface area contributed by atoms with Crippen molar-refractivity contribution in [2.75, 3.05) is 18.2 Å². The zero-order valence-corrected chi connectivity index (χ0v) is 9.81. The van der Waals surface area contributed by atoms with E-state index in [1.165, 1.54) is 0 Å². The van der Waals surface area contributed by atoms with Crippen LogP contribution >= 0.6 is 11.6 Å². The van der Waals surface area contributed by atoms with Crippen molar-refractivity contribution in [1.29, 1.82) is 0 Å². The number of alkyl halides is 1. The molecule has 0 amide bonds. The smallest absolute Gasteiger partial charge is 0.179 e. The molecule has 5 heteroatoms. The van der Waals surface area contributed by atoms with Crippen LogP contribution in [0, 0.1) is 0 Å². The molecule has 1 aromatic rings. The highest BCUT2D eigenvalue weighted by Gasteiger charge is 2.13. The summed E-state index contributed by atoms with van der Waals surface area (Å²) in [6.45, 7) is 0.263. The van der Waals surface area contributed by atoms with Crippen molar-refractivity contribution < 1.29 is 8.42 Å². The van der Waals surface area contributed by atoms with Crippen molar-refractivity contribution in [2.24, 2.45) is 0 Å². The number of hydrogen-bond donors (Lipinski definition) is 0. The Morgan fingerprint density at radius 3 is 2.67 bits per heavy atom. The molecule has 0 aliphatic heterocycles. The molecule has 0 heterocycles. The van der Waals surface area contributed by atoms with E-state index >= 15 is 0 Å². The van der Waals surface area contributed by atoms with Crippen LogP contribution in [0.4, 0.5) is 0 Å². The van der Waals surface area contributed by atoms with Crippen LogP contribution < -0.4 is 5.73 Å². The summed E-state index contributed by atoms with van der Waals surface area (Å²) >= 11 is 5.43. The summed E-state index contributed by atoms with van der Waals surface area (Å²) in [6, 6.07) is 6.71. The minimum atomic E-state index is -3.24. The summed E-state index contributed by atoms with van der Waals surface area (Å²) in [5.74, 6) is 0.0594. The molecule has 1 aromatic carbocycles. The fourth-order valence-corrected chi connectivity index (χ4v) is 2.92. The Morgan fingerprint density at radius 2 is 2.07 bits per heavy atom. The monoisotopic (exact) mass is 246 g/mol. The maximum Gasteiger partial charge on any atom is 0.179 e. The van der Waals surface area contributed by atoms with Crippen molar-refractivity contribution in [1.82, 2.24) is 5.73 Å². The lowest BCUT2D eigenvalue weighted by atomic mass is 10.2. The number of halogens is 1. The van der Waals surface area contributed by atoms with Gasteiger partial charge in [0.05, 0.1) is 10.6 Å². The van der Waals surface area contributed by atoms with Gasteiger partial charge in [0.25, 0.3) is 0 Å². The zero-order chi connectivity index (χ0) is 11.3. The predicted octanol–water partition coefficient (Wildman–Crippen LogP) is 1.52. The molecule has 15 heavy (non-hydrogen) atoms. The first-order valence-corrected chi connectivity index (χ1v) is 6.81. The summed E-state index contributed by atoms with van der Waals surface area (Å²) in [7, 11) is -3.24. The Hall–Kier alpha value is -0.580. The van der Waals surface area contributed by atoms with Gasteiger partial charge in [-0.05, 0) is 24.1 Å². The number of nitrogens with one attached hydrogen (secondary N) is 1. The third-order valence-electron chi connectivity index (χ3n) is 2.02. The summed E-state index contributed by atoms with van der Waals surface area (Å²) in [5, 5.41) is 0. The molecule has 0 saturated carbocycles. The Labute approximate surface area is 95.2 Å². The van der Waals surface area contributed by atoms with Crippen LogP contribution in [-0.4, -0.2) is 26.6 Å². The fraction of sp³-hybridized carbons (Fsp3) is 0.400. The molecule has 1 rings (SSSR count). The van der Waals surface area contributed by atoms with Crippen LogP contribution in [0.25, 0.3) is 0 Å². The van der Waals surface area contributed by atoms with Crippen LogP contribution in [0.1, 0.15) is 5.56 Å². The standard InChI is InChI=1S/C10H13ClNO2S/c11-5-7-15(13,14)10-3-1-2-9(8-10)4-6-12/h1-3,8,12H,4-7H2. The Balaban J connectivity index is 2.99. The van der Waals surface area contributed by atoms with E-state index in [9.17, 15) is 8.42 Å². The van der Waals surface area contributed by atoms with Gasteiger partial charge in [-0.15, -0.1) is 11.6 Å². The van der Waals surface area contributed by atoms with Crippen LogP contribution in [0.5, 0.6) is 0 Å². The maximum absolute atomic E-state index is 11.7. The van der Waals surface area contributed by atoms with E-state index in [0.29, 0.717) is 11.3 Å². The van der Waals surface area contributed by atoms with E-state index in [2.05, 4.69) is 0 Å². The van der Waals surface area contributed by atoms with Crippen molar-refractivity contribution in [2.45, 2.75) is 11.3 Å². The minimum absolute atomic E-state index is 0.0428. The highest BCUT2D eigenvalue weighted by atomic mass is 35.5. The van der Waals surface area contributed by atoms with Gasteiger partial charge < -0.3 is 0 Å². The fourth-order valence-electron chi connectivity index (χ4n) is 1.26. The topological polar surface area (TPSA) is 57.9 Å². The lowest BCUT2D eigenvalue weighted by molar-refractivity contribution is 0.597. The van der Waals surface area contributed by atoms with Crippen molar-refractivity contribution in [3.63, 3.8) is 0 Å². The van der Waals surface area contributed by atoms with Gasteiger partial charge in [-0.1, -0.05) is 12.1 Å². The highest BCUT2D eigenvalue weighted by Crippen LogP contribution is 2.13. The number of hydrogen-bond acceptors (Lipinski definition) is 2. The largest absolute Gasteiger partial charge is 0.258 e. The van der Waals surface area contributed by atoms with E-state index in [1.54, 1.807) is 18.2 Å². The van der Waals surface area contributed by atoms with E-state index < -0.39 is 9.84 Å². The number of sulfone groups is 1. The van der Waals surface area contributed by atoms with Gasteiger partial charge in [0.2, 0.25) is 0 Å². The third kappa shape index (κ3) is 3.48. The molecule has 0 atom stereocenters. The normalized spacial score (nSPS) is 11.6. The number of benzene rings is 1. The number of rotatable bonds is 5. The molecule has 0 aromatic heterocycles. The van der Waals surface area contributed by atoms with E-state index in [4.69, 9.17) is 17.3 Å². The third-order valence-corrected chi connectivity index (χ3v) is 4.14. The van der Waals surface area contributed by atoms with Gasteiger partial charge in [0.1, 0.15) is 0 Å². The van der Waals surface area contributed by atoms with Gasteiger partial charge in [-0.2, -0.15) is 0 Å². The molecule has 0 aliphatic rings. The Morgan fingerprint density at radius 1 is 1.33 bits per heavy atom. The lowest BCUT2D eigenvalue weighted by Crippen LogP contribution is -2.08. The molecular weight excluding hydrogens is 234 g/mol. The van der Waals surface area contributed by atoms with E-state index in [-0.39, 0.29) is 18.2 Å². The van der Waals surface area contributed by atoms with Crippen LogP contribution in [-0.2, 0) is 16.3 Å². The van der Waals surface area contributed by atoms with Gasteiger partial charge >= 0.3 is 0 Å². The van der Waals surface area contributed by atoms with Crippen LogP contribution in [0.15, 0.2) is 29.2 Å². The van der Waals surface area contributed by atoms with Crippen LogP contribution in [0.3, 0.4) is 0 Å². The van der Waals surface area contributed by atoms with Gasteiger partial charge in [-0.25, -0.2) is 8.42 Å². The van der Waals surface area contributed by atoms with Crippen molar-refractivity contribution in [3.8, 4) is 0 Å².